The number of hydrogen-bond acceptors (Lipinski definition) is 4. The van der Waals surface area contributed by atoms with Crippen LogP contribution in [0.4, 0.5) is 0 Å². The zero-order valence-electron chi connectivity index (χ0n) is 19.2. The fraction of sp³-hybridized carbons (Fsp3) is 0.462. The molecule has 0 aromatic carbocycles. The van der Waals surface area contributed by atoms with Gasteiger partial charge in [0.15, 0.2) is 0 Å². The molecule has 4 nitrogen and oxygen atoms in total. The normalized spacial score (nSPS) is 15.2. The molecular formula is C26H34N2O2S2. The van der Waals surface area contributed by atoms with Gasteiger partial charge >= 0.3 is 0 Å². The van der Waals surface area contributed by atoms with Crippen molar-refractivity contribution >= 4 is 46.4 Å². The lowest BCUT2D eigenvalue weighted by Crippen LogP contribution is -2.29. The molecular weight excluding hydrogens is 436 g/mol. The van der Waals surface area contributed by atoms with Crippen LogP contribution in [0.1, 0.15) is 75.0 Å². The van der Waals surface area contributed by atoms with Gasteiger partial charge in [-0.15, -0.1) is 22.7 Å². The standard InChI is InChI=1S/C26H34N2O2S2/c1-3-5-7-9-15-27(20-29)25(24-14-12-18-32-24)21-19-22(23-13-11-17-31-23)28(26(21)30)16-10-8-6-4-2/h11-14,17-20H,3-10,15-16H2,1-2H3/b25-21+. The second-order valence-corrected chi connectivity index (χ2v) is 10.0. The van der Waals surface area contributed by atoms with E-state index in [-0.39, 0.29) is 5.91 Å². The number of hydrogen-bond donors (Lipinski definition) is 0. The quantitative estimate of drug-likeness (QED) is 0.169. The minimum absolute atomic E-state index is 0.00806. The van der Waals surface area contributed by atoms with E-state index in [4.69, 9.17) is 0 Å². The average molecular weight is 471 g/mol. The molecule has 2 amide bonds. The lowest BCUT2D eigenvalue weighted by Gasteiger charge is -2.23. The molecule has 0 saturated heterocycles. The van der Waals surface area contributed by atoms with E-state index in [0.29, 0.717) is 18.7 Å². The van der Waals surface area contributed by atoms with Gasteiger partial charge in [-0.25, -0.2) is 0 Å². The molecule has 3 heterocycles. The van der Waals surface area contributed by atoms with E-state index in [1.165, 1.54) is 12.8 Å². The Labute approximate surface area is 200 Å². The second kappa shape index (κ2) is 12.8. The molecule has 0 bridgehead atoms. The fourth-order valence-electron chi connectivity index (χ4n) is 4.02. The van der Waals surface area contributed by atoms with Crippen LogP contribution in [0.25, 0.3) is 11.4 Å². The maximum atomic E-state index is 13.7. The molecule has 32 heavy (non-hydrogen) atoms. The lowest BCUT2D eigenvalue weighted by molar-refractivity contribution is -0.123. The summed E-state index contributed by atoms with van der Waals surface area (Å²) in [6.07, 6.45) is 11.7. The van der Waals surface area contributed by atoms with Crippen molar-refractivity contribution in [1.82, 2.24) is 9.80 Å². The summed E-state index contributed by atoms with van der Waals surface area (Å²) in [4.78, 5) is 31.6. The number of thiophene rings is 2. The molecule has 0 radical (unpaired) electrons. The number of rotatable bonds is 14. The van der Waals surface area contributed by atoms with Gasteiger partial charge in [0, 0.05) is 13.1 Å². The van der Waals surface area contributed by atoms with Crippen molar-refractivity contribution in [3.63, 3.8) is 0 Å². The van der Waals surface area contributed by atoms with Crippen molar-refractivity contribution < 1.29 is 9.59 Å². The smallest absolute Gasteiger partial charge is 0.260 e. The van der Waals surface area contributed by atoms with Crippen molar-refractivity contribution in [3.05, 3.63) is 56.4 Å². The number of carbonyl (C=O) groups excluding carboxylic acids is 2. The van der Waals surface area contributed by atoms with E-state index < -0.39 is 0 Å². The zero-order valence-corrected chi connectivity index (χ0v) is 20.9. The SMILES string of the molecule is CCCCCCN1C(=O)/C(=C(\c2cccs2)N(C=O)CCCCCC)C=C1c1cccs1. The van der Waals surface area contributed by atoms with Gasteiger partial charge in [0.2, 0.25) is 6.41 Å². The predicted octanol–water partition coefficient (Wildman–Crippen LogP) is 7.02. The lowest BCUT2D eigenvalue weighted by atomic mass is 10.1. The molecule has 0 saturated carbocycles. The molecule has 0 fully saturated rings. The van der Waals surface area contributed by atoms with Gasteiger partial charge in [-0.2, -0.15) is 0 Å². The summed E-state index contributed by atoms with van der Waals surface area (Å²) in [6, 6.07) is 8.07. The summed E-state index contributed by atoms with van der Waals surface area (Å²) in [5, 5.41) is 4.05. The highest BCUT2D eigenvalue weighted by Crippen LogP contribution is 2.37. The molecule has 1 aliphatic heterocycles. The largest absolute Gasteiger partial charge is 0.313 e. The Hall–Kier alpha value is -2.18. The topological polar surface area (TPSA) is 40.6 Å². The van der Waals surface area contributed by atoms with E-state index in [0.717, 1.165) is 66.1 Å². The first kappa shape index (κ1) is 24.5. The molecule has 0 aliphatic carbocycles. The molecule has 0 unspecified atom stereocenters. The number of carbonyl (C=O) groups is 2. The van der Waals surface area contributed by atoms with E-state index in [1.807, 2.05) is 39.9 Å². The van der Waals surface area contributed by atoms with Gasteiger partial charge < -0.3 is 9.80 Å². The molecule has 0 atom stereocenters. The first-order valence-corrected chi connectivity index (χ1v) is 13.5. The Morgan fingerprint density at radius 1 is 0.969 bits per heavy atom. The summed E-state index contributed by atoms with van der Waals surface area (Å²) >= 11 is 3.23. The van der Waals surface area contributed by atoms with Gasteiger partial charge in [0.25, 0.3) is 5.91 Å². The molecule has 172 valence electrons. The second-order valence-electron chi connectivity index (χ2n) is 8.12. The summed E-state index contributed by atoms with van der Waals surface area (Å²) in [7, 11) is 0. The van der Waals surface area contributed by atoms with Crippen LogP contribution in [0.5, 0.6) is 0 Å². The Morgan fingerprint density at radius 3 is 2.31 bits per heavy atom. The van der Waals surface area contributed by atoms with Crippen LogP contribution in [0.3, 0.4) is 0 Å². The van der Waals surface area contributed by atoms with Crippen LogP contribution < -0.4 is 0 Å². The molecule has 3 rings (SSSR count). The maximum absolute atomic E-state index is 13.7. The third-order valence-electron chi connectivity index (χ3n) is 5.73. The van der Waals surface area contributed by atoms with Crippen molar-refractivity contribution in [1.29, 1.82) is 0 Å². The van der Waals surface area contributed by atoms with Gasteiger partial charge in [-0.05, 0) is 41.8 Å². The molecule has 1 aliphatic rings. The predicted molar refractivity (Wildman–Crippen MR) is 136 cm³/mol. The van der Waals surface area contributed by atoms with Crippen molar-refractivity contribution in [2.45, 2.75) is 65.2 Å². The first-order valence-electron chi connectivity index (χ1n) is 11.8. The van der Waals surface area contributed by atoms with E-state index in [9.17, 15) is 9.59 Å². The van der Waals surface area contributed by atoms with E-state index in [2.05, 4.69) is 19.9 Å². The molecule has 2 aromatic heterocycles. The fourth-order valence-corrected chi connectivity index (χ4v) is 5.57. The summed E-state index contributed by atoms with van der Waals surface area (Å²) in [5.41, 5.74) is 2.35. The minimum Gasteiger partial charge on any atom is -0.313 e. The van der Waals surface area contributed by atoms with Gasteiger partial charge in [0.1, 0.15) is 0 Å². The molecule has 2 aromatic rings. The highest BCUT2D eigenvalue weighted by molar-refractivity contribution is 7.11. The number of amides is 2. The Bertz CT molecular complexity index is 914. The first-order chi connectivity index (χ1) is 15.7. The van der Waals surface area contributed by atoms with Crippen LogP contribution in [0, 0.1) is 0 Å². The Kier molecular flexibility index (Phi) is 9.75. The van der Waals surface area contributed by atoms with Crippen LogP contribution in [0.2, 0.25) is 0 Å². The van der Waals surface area contributed by atoms with E-state index in [1.54, 1.807) is 27.6 Å². The van der Waals surface area contributed by atoms with Crippen molar-refractivity contribution in [3.8, 4) is 0 Å². The number of nitrogens with zero attached hydrogens (tertiary/aromatic N) is 2. The molecule has 0 spiro atoms. The molecule has 0 N–H and O–H groups in total. The zero-order chi connectivity index (χ0) is 22.8. The average Bonchev–Trinajstić information content (AvgIpc) is 3.56. The highest BCUT2D eigenvalue weighted by Gasteiger charge is 2.33. The minimum atomic E-state index is 0.00806. The van der Waals surface area contributed by atoms with E-state index >= 15 is 0 Å². The third kappa shape index (κ3) is 5.99. The third-order valence-corrected chi connectivity index (χ3v) is 7.50. The molecule has 6 heteroatoms. The van der Waals surface area contributed by atoms with Crippen LogP contribution >= 0.6 is 22.7 Å². The van der Waals surface area contributed by atoms with Gasteiger partial charge in [-0.1, -0.05) is 64.5 Å². The van der Waals surface area contributed by atoms with Crippen LogP contribution in [-0.4, -0.2) is 35.2 Å². The Morgan fingerprint density at radius 2 is 1.69 bits per heavy atom. The number of unbranched alkanes of at least 4 members (excludes halogenated alkanes) is 6. The summed E-state index contributed by atoms with van der Waals surface area (Å²) in [5.74, 6) is 0.00806. The monoisotopic (exact) mass is 470 g/mol. The van der Waals surface area contributed by atoms with Gasteiger partial charge in [0.05, 0.1) is 26.7 Å². The Balaban J connectivity index is 1.98. The summed E-state index contributed by atoms with van der Waals surface area (Å²) < 4.78 is 0. The summed E-state index contributed by atoms with van der Waals surface area (Å²) in [6.45, 7) is 5.72. The van der Waals surface area contributed by atoms with Crippen molar-refractivity contribution in [2.75, 3.05) is 13.1 Å². The van der Waals surface area contributed by atoms with Crippen LogP contribution in [-0.2, 0) is 9.59 Å². The maximum Gasteiger partial charge on any atom is 0.260 e. The highest BCUT2D eigenvalue weighted by atomic mass is 32.1. The van der Waals surface area contributed by atoms with Gasteiger partial charge in [-0.3, -0.25) is 9.59 Å². The van der Waals surface area contributed by atoms with Crippen LogP contribution in [0.15, 0.2) is 46.7 Å². The van der Waals surface area contributed by atoms with Crippen molar-refractivity contribution in [2.24, 2.45) is 0 Å².